The number of anilines is 2. The first-order chi connectivity index (χ1) is 22.7. The maximum Gasteiger partial charge on any atom is 0.246 e. The van der Waals surface area contributed by atoms with Crippen LogP contribution in [0, 0.1) is 30.6 Å². The van der Waals surface area contributed by atoms with Crippen LogP contribution in [0.2, 0.25) is 5.02 Å². The normalized spacial score (nSPS) is 28.2. The molecule has 0 radical (unpaired) electrons. The first-order valence-electron chi connectivity index (χ1n) is 15.9. The Bertz CT molecular complexity index is 2010. The predicted molar refractivity (Wildman–Crippen MR) is 178 cm³/mol. The van der Waals surface area contributed by atoms with E-state index in [0.717, 1.165) is 5.57 Å². The van der Waals surface area contributed by atoms with Crippen LogP contribution in [0.3, 0.4) is 0 Å². The van der Waals surface area contributed by atoms with Crippen LogP contribution in [0.5, 0.6) is 5.75 Å². The van der Waals surface area contributed by atoms with Crippen molar-refractivity contribution in [1.29, 1.82) is 0 Å². The minimum Gasteiger partial charge on any atom is -0.507 e. The Kier molecular flexibility index (Phi) is 6.74. The summed E-state index contributed by atoms with van der Waals surface area (Å²) >= 11 is 6.37. The molecule has 0 spiro atoms. The number of imide groups is 2. The van der Waals surface area contributed by atoms with E-state index in [1.165, 1.54) is 9.80 Å². The van der Waals surface area contributed by atoms with Crippen LogP contribution in [0.15, 0.2) is 115 Å². The highest BCUT2D eigenvalue weighted by Crippen LogP contribution is 2.65. The van der Waals surface area contributed by atoms with Crippen molar-refractivity contribution in [1.82, 2.24) is 0 Å². The van der Waals surface area contributed by atoms with Crippen LogP contribution in [-0.4, -0.2) is 28.7 Å². The monoisotopic (exact) mass is 642 g/mol. The summed E-state index contributed by atoms with van der Waals surface area (Å²) in [6.45, 7) is 1.80. The lowest BCUT2D eigenvalue weighted by Gasteiger charge is -2.50. The molecule has 7 nitrogen and oxygen atoms in total. The number of rotatable bonds is 4. The van der Waals surface area contributed by atoms with Crippen molar-refractivity contribution in [3.05, 3.63) is 136 Å². The SMILES string of the molecule is Cc1cccc(C2C3=CCC4C(=O)N(c5ccccc5)C(=O)C4C3CC3C(=O)N(c4cccc(Cl)c4)C(=O)C32c2ccccc2)c1O. The minimum atomic E-state index is -1.44. The number of phenols is 1. The summed E-state index contributed by atoms with van der Waals surface area (Å²) in [4.78, 5) is 60.7. The predicted octanol–water partition coefficient (Wildman–Crippen LogP) is 6.72. The highest BCUT2D eigenvalue weighted by molar-refractivity contribution is 6.32. The van der Waals surface area contributed by atoms with Crippen molar-refractivity contribution in [2.45, 2.75) is 31.1 Å². The van der Waals surface area contributed by atoms with Gasteiger partial charge in [-0.1, -0.05) is 96.0 Å². The first kappa shape index (κ1) is 29.4. The summed E-state index contributed by atoms with van der Waals surface area (Å²) < 4.78 is 0. The van der Waals surface area contributed by atoms with E-state index in [9.17, 15) is 19.5 Å². The molecule has 4 aromatic rings. The Labute approximate surface area is 277 Å². The number of phenolic OH excluding ortho intramolecular Hbond substituents is 1. The summed E-state index contributed by atoms with van der Waals surface area (Å²) in [6.07, 6.45) is 2.50. The molecular weight excluding hydrogens is 612 g/mol. The molecule has 0 aromatic heterocycles. The number of aromatic hydroxyl groups is 1. The van der Waals surface area contributed by atoms with E-state index in [1.54, 1.807) is 61.5 Å². The molecule has 2 saturated heterocycles. The number of nitrogens with zero attached hydrogens (tertiary/aromatic N) is 2. The van der Waals surface area contributed by atoms with Gasteiger partial charge in [-0.2, -0.15) is 0 Å². The minimum absolute atomic E-state index is 0.0384. The van der Waals surface area contributed by atoms with Gasteiger partial charge in [0.1, 0.15) is 5.75 Å². The molecule has 6 atom stereocenters. The fourth-order valence-corrected chi connectivity index (χ4v) is 9.02. The fourth-order valence-electron chi connectivity index (χ4n) is 8.83. The fraction of sp³-hybridized carbons (Fsp3) is 0.231. The molecule has 1 saturated carbocycles. The number of aryl methyl sites for hydroxylation is 1. The van der Waals surface area contributed by atoms with E-state index < -0.39 is 46.8 Å². The number of fused-ring (bicyclic) bond motifs is 4. The second-order valence-electron chi connectivity index (χ2n) is 13.0. The Morgan fingerprint density at radius 3 is 2.15 bits per heavy atom. The number of hydrogen-bond donors (Lipinski definition) is 1. The topological polar surface area (TPSA) is 95.0 Å². The number of amides is 4. The third kappa shape index (κ3) is 4.05. The Hall–Kier alpha value is -5.01. The molecule has 0 bridgehead atoms. The van der Waals surface area contributed by atoms with Gasteiger partial charge in [-0.25, -0.2) is 4.90 Å². The molecule has 4 aromatic carbocycles. The third-order valence-corrected chi connectivity index (χ3v) is 11.0. The summed E-state index contributed by atoms with van der Waals surface area (Å²) in [7, 11) is 0. The second kappa shape index (κ2) is 10.8. The maximum absolute atomic E-state index is 15.2. The molecule has 4 aliphatic rings. The Morgan fingerprint density at radius 2 is 1.43 bits per heavy atom. The van der Waals surface area contributed by atoms with Gasteiger partial charge < -0.3 is 5.11 Å². The quantitative estimate of drug-likeness (QED) is 0.197. The standard InChI is InChI=1S/C39H31ClN2O5/c1-22-10-8-17-29(34(22)43)33-27-18-19-28-32(37(46)41(35(28)44)25-14-6-3-7-15-25)30(27)21-31-36(45)42(26-16-9-13-24(40)20-26)38(47)39(31,33)23-11-4-2-5-12-23/h2-18,20,28,30-33,43H,19,21H2,1H3. The van der Waals surface area contributed by atoms with Crippen molar-refractivity contribution >= 4 is 46.6 Å². The summed E-state index contributed by atoms with van der Waals surface area (Å²) in [6, 6.07) is 30.3. The van der Waals surface area contributed by atoms with E-state index in [4.69, 9.17) is 11.6 Å². The Balaban J connectivity index is 1.38. The van der Waals surface area contributed by atoms with Crippen LogP contribution >= 0.6 is 11.6 Å². The number of carbonyl (C=O) groups excluding carboxylic acids is 4. The van der Waals surface area contributed by atoms with E-state index in [-0.39, 0.29) is 24.0 Å². The van der Waals surface area contributed by atoms with Gasteiger partial charge in [-0.3, -0.25) is 24.1 Å². The van der Waals surface area contributed by atoms with Crippen LogP contribution in [0.1, 0.15) is 35.4 Å². The van der Waals surface area contributed by atoms with Crippen molar-refractivity contribution in [2.75, 3.05) is 9.80 Å². The van der Waals surface area contributed by atoms with Gasteiger partial charge in [-0.05, 0) is 67.1 Å². The van der Waals surface area contributed by atoms with Crippen LogP contribution in [-0.2, 0) is 24.6 Å². The van der Waals surface area contributed by atoms with Gasteiger partial charge in [-0.15, -0.1) is 0 Å². The number of benzene rings is 4. The molecule has 3 fully saturated rings. The average Bonchev–Trinajstić information content (AvgIpc) is 3.47. The molecule has 2 aliphatic carbocycles. The van der Waals surface area contributed by atoms with E-state index in [2.05, 4.69) is 0 Å². The van der Waals surface area contributed by atoms with E-state index in [1.807, 2.05) is 54.6 Å². The third-order valence-electron chi connectivity index (χ3n) is 10.8. The number of halogens is 1. The van der Waals surface area contributed by atoms with Crippen LogP contribution in [0.4, 0.5) is 11.4 Å². The van der Waals surface area contributed by atoms with Crippen molar-refractivity contribution in [2.24, 2.45) is 23.7 Å². The Morgan fingerprint density at radius 1 is 0.745 bits per heavy atom. The average molecular weight is 643 g/mol. The number of allylic oxidation sites excluding steroid dienone is 2. The lowest BCUT2D eigenvalue weighted by molar-refractivity contribution is -0.127. The van der Waals surface area contributed by atoms with E-state index in [0.29, 0.717) is 39.5 Å². The van der Waals surface area contributed by atoms with Gasteiger partial charge in [0.2, 0.25) is 23.6 Å². The molecule has 234 valence electrons. The molecule has 2 heterocycles. The lowest BCUT2D eigenvalue weighted by Crippen LogP contribution is -2.53. The maximum atomic E-state index is 15.2. The van der Waals surface area contributed by atoms with E-state index >= 15 is 4.79 Å². The highest BCUT2D eigenvalue weighted by Gasteiger charge is 2.70. The highest BCUT2D eigenvalue weighted by atomic mass is 35.5. The zero-order valence-electron chi connectivity index (χ0n) is 25.5. The van der Waals surface area contributed by atoms with Crippen molar-refractivity contribution in [3.63, 3.8) is 0 Å². The summed E-state index contributed by atoms with van der Waals surface area (Å²) in [5.74, 6) is -4.82. The molecule has 2 aliphatic heterocycles. The molecule has 6 unspecified atom stereocenters. The lowest BCUT2D eigenvalue weighted by atomic mass is 9.49. The van der Waals surface area contributed by atoms with Gasteiger partial charge >= 0.3 is 0 Å². The van der Waals surface area contributed by atoms with Crippen LogP contribution in [0.25, 0.3) is 0 Å². The largest absolute Gasteiger partial charge is 0.507 e. The molecule has 1 N–H and O–H groups in total. The second-order valence-corrected chi connectivity index (χ2v) is 13.4. The van der Waals surface area contributed by atoms with Gasteiger partial charge in [0.15, 0.2) is 0 Å². The summed E-state index contributed by atoms with van der Waals surface area (Å²) in [5, 5.41) is 12.1. The first-order valence-corrected chi connectivity index (χ1v) is 16.2. The zero-order valence-corrected chi connectivity index (χ0v) is 26.3. The van der Waals surface area contributed by atoms with Gasteiger partial charge in [0.05, 0.1) is 34.5 Å². The van der Waals surface area contributed by atoms with Crippen molar-refractivity contribution in [3.8, 4) is 5.75 Å². The number of para-hydroxylation sites is 2. The number of carbonyl (C=O) groups is 4. The zero-order chi connectivity index (χ0) is 32.6. The molecule has 47 heavy (non-hydrogen) atoms. The smallest absolute Gasteiger partial charge is 0.246 e. The molecule has 8 rings (SSSR count). The molecule has 8 heteroatoms. The number of hydrogen-bond acceptors (Lipinski definition) is 5. The van der Waals surface area contributed by atoms with Gasteiger partial charge in [0, 0.05) is 16.5 Å². The summed E-state index contributed by atoms with van der Waals surface area (Å²) in [5.41, 5.74) is 2.04. The van der Waals surface area contributed by atoms with Crippen LogP contribution < -0.4 is 9.80 Å². The van der Waals surface area contributed by atoms with Crippen molar-refractivity contribution < 1.29 is 24.3 Å². The molecule has 4 amide bonds. The van der Waals surface area contributed by atoms with Gasteiger partial charge in [0.25, 0.3) is 0 Å². The molecular formula is C39H31ClN2O5.